The van der Waals surface area contributed by atoms with Crippen LogP contribution >= 0.6 is 15.9 Å². The lowest BCUT2D eigenvalue weighted by atomic mass is 9.94. The molecule has 0 aliphatic carbocycles. The van der Waals surface area contributed by atoms with Crippen molar-refractivity contribution in [1.29, 1.82) is 0 Å². The van der Waals surface area contributed by atoms with Crippen LogP contribution < -0.4 is 10.1 Å². The van der Waals surface area contributed by atoms with Gasteiger partial charge < -0.3 is 20.3 Å². The molecule has 1 aromatic carbocycles. The highest BCUT2D eigenvalue weighted by Gasteiger charge is 2.21. The van der Waals surface area contributed by atoms with Crippen LogP contribution in [-0.4, -0.2) is 41.6 Å². The molecule has 0 bridgehead atoms. The van der Waals surface area contributed by atoms with E-state index in [-0.39, 0.29) is 6.61 Å². The van der Waals surface area contributed by atoms with Gasteiger partial charge in [0.25, 0.3) is 0 Å². The van der Waals surface area contributed by atoms with Gasteiger partial charge in [0.2, 0.25) is 0 Å². The molecule has 1 rings (SSSR count). The minimum atomic E-state index is -0.750. The van der Waals surface area contributed by atoms with Gasteiger partial charge >= 0.3 is 0 Å². The molecule has 4 nitrogen and oxygen atoms in total. The summed E-state index contributed by atoms with van der Waals surface area (Å²) in [6.45, 7) is 7.04. The van der Waals surface area contributed by atoms with Gasteiger partial charge in [-0.3, -0.25) is 0 Å². The zero-order valence-corrected chi connectivity index (χ0v) is 14.6. The molecule has 0 aromatic heterocycles. The fourth-order valence-electron chi connectivity index (χ4n) is 2.24. The van der Waals surface area contributed by atoms with Crippen molar-refractivity contribution in [3.63, 3.8) is 0 Å². The molecule has 0 radical (unpaired) electrons. The summed E-state index contributed by atoms with van der Waals surface area (Å²) in [5.41, 5.74) is -0.750. The van der Waals surface area contributed by atoms with Crippen molar-refractivity contribution in [3.05, 3.63) is 28.7 Å². The molecule has 0 saturated carbocycles. The molecule has 0 amide bonds. The molecular formula is C16H26BrNO3. The van der Waals surface area contributed by atoms with Crippen LogP contribution in [0.3, 0.4) is 0 Å². The number of ether oxygens (including phenoxy) is 1. The molecule has 0 aliphatic rings. The van der Waals surface area contributed by atoms with Gasteiger partial charge in [-0.2, -0.15) is 0 Å². The predicted octanol–water partition coefficient (Wildman–Crippen LogP) is 2.58. The number of benzene rings is 1. The molecule has 0 heterocycles. The minimum Gasteiger partial charge on any atom is -0.491 e. The number of hydrogen-bond donors (Lipinski definition) is 3. The third-order valence-corrected chi connectivity index (χ3v) is 3.52. The Morgan fingerprint density at radius 1 is 1.29 bits per heavy atom. The van der Waals surface area contributed by atoms with E-state index < -0.39 is 11.7 Å². The average Bonchev–Trinajstić information content (AvgIpc) is 2.36. The van der Waals surface area contributed by atoms with E-state index in [1.807, 2.05) is 31.2 Å². The first-order valence-electron chi connectivity index (χ1n) is 7.28. The fourth-order valence-corrected chi connectivity index (χ4v) is 2.51. The van der Waals surface area contributed by atoms with Gasteiger partial charge in [-0.05, 0) is 43.5 Å². The van der Waals surface area contributed by atoms with E-state index in [1.165, 1.54) is 0 Å². The molecule has 1 aromatic rings. The van der Waals surface area contributed by atoms with Gasteiger partial charge in [-0.15, -0.1) is 0 Å². The molecular weight excluding hydrogens is 334 g/mol. The Labute approximate surface area is 135 Å². The minimum absolute atomic E-state index is 0.223. The zero-order valence-electron chi connectivity index (χ0n) is 13.0. The Morgan fingerprint density at radius 2 is 1.90 bits per heavy atom. The lowest BCUT2D eigenvalue weighted by molar-refractivity contribution is 0.0327. The SMILES string of the molecule is CC(C)CC(C)(O)CNCC(O)COc1ccc(Br)cc1. The first-order valence-corrected chi connectivity index (χ1v) is 8.07. The maximum absolute atomic E-state index is 10.2. The Bertz CT molecular complexity index is 406. The van der Waals surface area contributed by atoms with E-state index in [0.717, 1.165) is 16.6 Å². The number of aliphatic hydroxyl groups is 2. The Balaban J connectivity index is 2.22. The molecule has 0 aliphatic heterocycles. The van der Waals surface area contributed by atoms with Crippen molar-refractivity contribution in [2.45, 2.75) is 38.9 Å². The predicted molar refractivity (Wildman–Crippen MR) is 88.6 cm³/mol. The molecule has 0 fully saturated rings. The van der Waals surface area contributed by atoms with Crippen LogP contribution in [0.1, 0.15) is 27.2 Å². The van der Waals surface area contributed by atoms with E-state index in [9.17, 15) is 10.2 Å². The normalized spacial score (nSPS) is 15.8. The van der Waals surface area contributed by atoms with E-state index in [0.29, 0.717) is 19.0 Å². The third kappa shape index (κ3) is 8.41. The smallest absolute Gasteiger partial charge is 0.119 e. The van der Waals surface area contributed by atoms with E-state index in [4.69, 9.17) is 4.74 Å². The van der Waals surface area contributed by atoms with Crippen LogP contribution in [0.5, 0.6) is 5.75 Å². The number of nitrogens with one attached hydrogen (secondary N) is 1. The number of halogens is 1. The standard InChI is InChI=1S/C16H26BrNO3/c1-12(2)8-16(3,20)11-18-9-14(19)10-21-15-6-4-13(17)5-7-15/h4-7,12,14,18-20H,8-11H2,1-3H3. The highest BCUT2D eigenvalue weighted by molar-refractivity contribution is 9.10. The maximum atomic E-state index is 10.2. The molecule has 0 saturated heterocycles. The van der Waals surface area contributed by atoms with Crippen LogP contribution in [0.2, 0.25) is 0 Å². The number of hydrogen-bond acceptors (Lipinski definition) is 4. The van der Waals surface area contributed by atoms with E-state index in [2.05, 4.69) is 35.1 Å². The van der Waals surface area contributed by atoms with Crippen molar-refractivity contribution in [1.82, 2.24) is 5.32 Å². The zero-order chi connectivity index (χ0) is 15.9. The largest absolute Gasteiger partial charge is 0.491 e. The monoisotopic (exact) mass is 359 g/mol. The summed E-state index contributed by atoms with van der Waals surface area (Å²) in [6, 6.07) is 7.47. The second-order valence-electron chi connectivity index (χ2n) is 6.14. The molecule has 3 N–H and O–H groups in total. The quantitative estimate of drug-likeness (QED) is 0.634. The lowest BCUT2D eigenvalue weighted by Crippen LogP contribution is -2.42. The van der Waals surface area contributed by atoms with Crippen molar-refractivity contribution in [3.8, 4) is 5.75 Å². The summed E-state index contributed by atoms with van der Waals surface area (Å²) in [6.07, 6.45) is 0.120. The van der Waals surface area contributed by atoms with Gasteiger partial charge in [0, 0.05) is 17.6 Å². The van der Waals surface area contributed by atoms with Crippen LogP contribution in [0.25, 0.3) is 0 Å². The van der Waals surface area contributed by atoms with Crippen molar-refractivity contribution in [2.24, 2.45) is 5.92 Å². The van der Waals surface area contributed by atoms with Gasteiger partial charge in [0.05, 0.1) is 5.60 Å². The first-order chi connectivity index (χ1) is 9.78. The molecule has 120 valence electrons. The Kier molecular flexibility index (Phi) is 7.66. The summed E-state index contributed by atoms with van der Waals surface area (Å²) in [7, 11) is 0. The summed E-state index contributed by atoms with van der Waals surface area (Å²) >= 11 is 3.36. The van der Waals surface area contributed by atoms with Gasteiger partial charge in [-0.1, -0.05) is 29.8 Å². The fraction of sp³-hybridized carbons (Fsp3) is 0.625. The first kappa shape index (κ1) is 18.4. The maximum Gasteiger partial charge on any atom is 0.119 e. The molecule has 0 spiro atoms. The highest BCUT2D eigenvalue weighted by atomic mass is 79.9. The summed E-state index contributed by atoms with van der Waals surface area (Å²) in [5.74, 6) is 1.16. The summed E-state index contributed by atoms with van der Waals surface area (Å²) in [5, 5.41) is 23.1. The third-order valence-electron chi connectivity index (χ3n) is 2.99. The molecule has 2 unspecified atom stereocenters. The van der Waals surface area contributed by atoms with Crippen LogP contribution in [0.4, 0.5) is 0 Å². The van der Waals surface area contributed by atoms with Gasteiger partial charge in [-0.25, -0.2) is 0 Å². The highest BCUT2D eigenvalue weighted by Crippen LogP contribution is 2.16. The van der Waals surface area contributed by atoms with Crippen molar-refractivity contribution >= 4 is 15.9 Å². The second-order valence-corrected chi connectivity index (χ2v) is 7.06. The van der Waals surface area contributed by atoms with E-state index in [1.54, 1.807) is 0 Å². The summed E-state index contributed by atoms with van der Waals surface area (Å²) in [4.78, 5) is 0. The van der Waals surface area contributed by atoms with Crippen LogP contribution in [0, 0.1) is 5.92 Å². The van der Waals surface area contributed by atoms with Crippen molar-refractivity contribution < 1.29 is 14.9 Å². The van der Waals surface area contributed by atoms with Gasteiger partial charge in [0.1, 0.15) is 18.5 Å². The Morgan fingerprint density at radius 3 is 2.48 bits per heavy atom. The second kappa shape index (κ2) is 8.73. The molecule has 2 atom stereocenters. The molecule has 5 heteroatoms. The van der Waals surface area contributed by atoms with Crippen LogP contribution in [0.15, 0.2) is 28.7 Å². The summed E-state index contributed by atoms with van der Waals surface area (Å²) < 4.78 is 6.49. The lowest BCUT2D eigenvalue weighted by Gasteiger charge is -2.26. The van der Waals surface area contributed by atoms with Crippen molar-refractivity contribution in [2.75, 3.05) is 19.7 Å². The van der Waals surface area contributed by atoms with E-state index >= 15 is 0 Å². The van der Waals surface area contributed by atoms with Crippen LogP contribution in [-0.2, 0) is 0 Å². The Hall–Kier alpha value is -0.620. The number of rotatable bonds is 9. The number of aliphatic hydroxyl groups excluding tert-OH is 1. The molecule has 21 heavy (non-hydrogen) atoms. The average molecular weight is 360 g/mol. The van der Waals surface area contributed by atoms with Gasteiger partial charge in [0.15, 0.2) is 0 Å². The topological polar surface area (TPSA) is 61.7 Å².